The van der Waals surface area contributed by atoms with Gasteiger partial charge in [0, 0.05) is 58.7 Å². The van der Waals surface area contributed by atoms with Gasteiger partial charge in [0.15, 0.2) is 0 Å². The zero-order valence-electron chi connectivity index (χ0n) is 48.0. The molecule has 1 fully saturated rings. The Morgan fingerprint density at radius 1 is 0.473 bits per heavy atom. The highest BCUT2D eigenvalue weighted by Crippen LogP contribution is 2.38. The van der Waals surface area contributed by atoms with Crippen molar-refractivity contribution in [3.8, 4) is 0 Å². The monoisotopic (exact) mass is 1110 g/mol. The molecule has 2 N–H and O–H groups in total. The van der Waals surface area contributed by atoms with Crippen molar-refractivity contribution >= 4 is 63.6 Å². The van der Waals surface area contributed by atoms with Crippen LogP contribution in [0, 0.1) is 0 Å². The van der Waals surface area contributed by atoms with Crippen molar-refractivity contribution in [2.24, 2.45) is 0 Å². The van der Waals surface area contributed by atoms with Gasteiger partial charge in [0.05, 0.1) is 18.3 Å². The molecule has 0 saturated carbocycles. The lowest BCUT2D eigenvalue weighted by molar-refractivity contribution is -0.140. The van der Waals surface area contributed by atoms with E-state index in [-0.39, 0.29) is 60.7 Å². The van der Waals surface area contributed by atoms with Gasteiger partial charge in [0.25, 0.3) is 0 Å². The number of carbonyl (C=O) groups excluding carboxylic acids is 7. The topological polar surface area (TPSA) is 226 Å². The van der Waals surface area contributed by atoms with E-state index in [2.05, 4.69) is 79.1 Å². The molecule has 1 unspecified atom stereocenters. The van der Waals surface area contributed by atoms with Crippen molar-refractivity contribution in [2.45, 2.75) is 200 Å². The summed E-state index contributed by atoms with van der Waals surface area (Å²) in [6.45, 7) is 30.3. The molecule has 1 aliphatic heterocycles. The molecular weight excluding hydrogens is 1020 g/mol. The van der Waals surface area contributed by atoms with Crippen molar-refractivity contribution < 1.29 is 72.3 Å². The Hall–Kier alpha value is -5.06. The van der Waals surface area contributed by atoms with Gasteiger partial charge in [0.2, 0.25) is 0 Å². The van der Waals surface area contributed by atoms with Gasteiger partial charge in [-0.25, -0.2) is 0 Å². The first-order valence-corrected chi connectivity index (χ1v) is 26.2. The number of esters is 4. The number of aliphatic carboxylic acids is 1. The molecule has 15 nitrogen and oxygen atoms in total. The van der Waals surface area contributed by atoms with Gasteiger partial charge in [-0.15, -0.1) is 0 Å². The minimum absolute atomic E-state index is 0.0732. The Bertz CT molecular complexity index is 1820. The number of carbonyl (C=O) groups is 8. The van der Waals surface area contributed by atoms with E-state index in [0.29, 0.717) is 51.6 Å². The molecule has 0 aromatic rings. The number of aliphatic hydroxyl groups excluding tert-OH is 1. The third-order valence-electron chi connectivity index (χ3n) is 9.93. The highest BCUT2D eigenvalue weighted by Gasteiger charge is 2.46. The number of rotatable bonds is 28. The number of epoxide rings is 1. The summed E-state index contributed by atoms with van der Waals surface area (Å²) in [5.74, 6) is -1.42. The van der Waals surface area contributed by atoms with Crippen molar-refractivity contribution in [1.29, 1.82) is 0 Å². The van der Waals surface area contributed by atoms with Crippen LogP contribution in [0.1, 0.15) is 188 Å². The van der Waals surface area contributed by atoms with Crippen LogP contribution in [0.2, 0.25) is 0 Å². The summed E-state index contributed by atoms with van der Waals surface area (Å²) < 4.78 is 24.5. The van der Waals surface area contributed by atoms with E-state index in [0.717, 1.165) is 73.3 Å². The second-order valence-electron chi connectivity index (χ2n) is 18.4. The Balaban J connectivity index is -0.000000259. The molecule has 0 bridgehead atoms. The smallest absolute Gasteiger partial charge is 0.303 e. The van der Waals surface area contributed by atoms with Crippen molar-refractivity contribution in [3.05, 3.63) is 81.5 Å². The highest BCUT2D eigenvalue weighted by molar-refractivity contribution is 9.09. The molecular formula is C58H95BrO15. The summed E-state index contributed by atoms with van der Waals surface area (Å²) in [6.07, 6.45) is 23.7. The SMILES string of the molecule is CC(=O)CC/C(C)=C/CBr.CC(=O)CC/C(C)=C/CO.CC(=O)OC/C=C(\C)CCC(=O)O.CC(=O)OC/C=C(\C)CCC1OC1(C)C.CC(=O)OC/C=C(\C)CCC=C(C)C.CC(=O)OC/C=C(\C)CCC=O. The number of alkyl halides is 1. The van der Waals surface area contributed by atoms with Crippen LogP contribution < -0.4 is 0 Å². The lowest BCUT2D eigenvalue weighted by Gasteiger charge is -2.01. The third-order valence-corrected chi connectivity index (χ3v) is 10.3. The fourth-order valence-electron chi connectivity index (χ4n) is 5.13. The molecule has 0 aromatic heterocycles. The van der Waals surface area contributed by atoms with Gasteiger partial charge in [-0.3, -0.25) is 24.0 Å². The summed E-state index contributed by atoms with van der Waals surface area (Å²) in [4.78, 5) is 82.8. The van der Waals surface area contributed by atoms with Crippen LogP contribution in [-0.4, -0.2) is 108 Å². The summed E-state index contributed by atoms with van der Waals surface area (Å²) in [7, 11) is 0. The predicted molar refractivity (Wildman–Crippen MR) is 299 cm³/mol. The molecule has 1 saturated heterocycles. The summed E-state index contributed by atoms with van der Waals surface area (Å²) in [6, 6.07) is 0. The quantitative estimate of drug-likeness (QED) is 0.0185. The number of halogens is 1. The normalized spacial score (nSPS) is 13.8. The van der Waals surface area contributed by atoms with Crippen LogP contribution in [0.3, 0.4) is 0 Å². The average molecular weight is 1110 g/mol. The number of Topliss-reactive ketones (excluding diaryl/α,β-unsaturated/α-hetero) is 2. The van der Waals surface area contributed by atoms with Crippen LogP contribution in [-0.2, 0) is 62.0 Å². The standard InChI is InChI=1S/C12H20O3.C12H20O2.C9H14O4.C9H14O3.C8H13BrO.C8H14O2/c1-9(7-8-14-10(2)13)5-6-11-12(3,4)15-11;1-10(2)6-5-7-11(3)8-9-14-12(4)13;1-7(3-4-9(11)12)5-6-13-8(2)10;1-8(4-3-6-10)5-7-12-9(2)11;2*1-7(5-6-9)3-4-8(2)10/h7,11H,5-6,8H2,1-4H3;6,8H,5,7,9H2,1-4H3;5H,3-4,6H2,1-2H3,(H,11,12);5-6H,3-4,7H2,1-2H3;5H,3-4,6H2,1-2H3;5,9H,3-4,6H2,1-2H3/b9-7+;11-8+;7-5+;8-5+;2*7-5+. The number of carboxylic acids is 1. The number of aliphatic hydroxyl groups is 1. The summed E-state index contributed by atoms with van der Waals surface area (Å²) in [5.41, 5.74) is 8.30. The minimum atomic E-state index is -0.819. The maximum absolute atomic E-state index is 10.5. The number of hydrogen-bond acceptors (Lipinski definition) is 14. The molecule has 424 valence electrons. The van der Waals surface area contributed by atoms with Crippen LogP contribution >= 0.6 is 15.9 Å². The molecule has 1 aliphatic rings. The first kappa shape index (κ1) is 77.8. The summed E-state index contributed by atoms with van der Waals surface area (Å²) >= 11 is 3.30. The lowest BCUT2D eigenvalue weighted by Crippen LogP contribution is -2.03. The molecule has 16 heteroatoms. The van der Waals surface area contributed by atoms with E-state index in [1.165, 1.54) is 50.0 Å². The first-order valence-electron chi connectivity index (χ1n) is 25.0. The molecule has 1 atom stereocenters. The van der Waals surface area contributed by atoms with Crippen LogP contribution in [0.15, 0.2) is 81.5 Å². The van der Waals surface area contributed by atoms with E-state index in [1.54, 1.807) is 26.0 Å². The third kappa shape index (κ3) is 71.2. The molecule has 1 rings (SSSR count). The number of carboxylic acid groups (broad SMARTS) is 1. The van der Waals surface area contributed by atoms with Crippen molar-refractivity contribution in [3.63, 3.8) is 0 Å². The van der Waals surface area contributed by atoms with Gasteiger partial charge in [0.1, 0.15) is 44.3 Å². The number of ether oxygens (including phenoxy) is 5. The molecule has 0 radical (unpaired) electrons. The Morgan fingerprint density at radius 3 is 1.09 bits per heavy atom. The van der Waals surface area contributed by atoms with Gasteiger partial charge in [-0.05, 0) is 159 Å². The predicted octanol–water partition coefficient (Wildman–Crippen LogP) is 12.5. The number of ketones is 2. The Labute approximate surface area is 453 Å². The number of aldehydes is 1. The van der Waals surface area contributed by atoms with Crippen molar-refractivity contribution in [1.82, 2.24) is 0 Å². The van der Waals surface area contributed by atoms with Crippen LogP contribution in [0.25, 0.3) is 0 Å². The zero-order chi connectivity index (χ0) is 58.1. The van der Waals surface area contributed by atoms with E-state index < -0.39 is 5.97 Å². The minimum Gasteiger partial charge on any atom is -0.481 e. The number of hydrogen-bond donors (Lipinski definition) is 2. The second-order valence-corrected chi connectivity index (χ2v) is 19.1. The first-order chi connectivity index (χ1) is 34.4. The fourth-order valence-corrected chi connectivity index (χ4v) is 5.68. The van der Waals surface area contributed by atoms with Crippen LogP contribution in [0.5, 0.6) is 0 Å². The molecule has 0 aromatic carbocycles. The fraction of sp³-hybridized carbons (Fsp3) is 0.621. The molecule has 0 aliphatic carbocycles. The van der Waals surface area contributed by atoms with E-state index in [4.69, 9.17) is 24.4 Å². The second kappa shape index (κ2) is 51.4. The van der Waals surface area contributed by atoms with E-state index >= 15 is 0 Å². The number of allylic oxidation sites excluding steroid dienone is 9. The Kier molecular flexibility index (Phi) is 54.1. The van der Waals surface area contributed by atoms with Crippen molar-refractivity contribution in [2.75, 3.05) is 38.4 Å². The molecule has 0 amide bonds. The largest absolute Gasteiger partial charge is 0.481 e. The van der Waals surface area contributed by atoms with Crippen LogP contribution in [0.4, 0.5) is 0 Å². The molecule has 1 heterocycles. The van der Waals surface area contributed by atoms with Gasteiger partial charge >= 0.3 is 29.8 Å². The van der Waals surface area contributed by atoms with Gasteiger partial charge in [-0.2, -0.15) is 0 Å². The van der Waals surface area contributed by atoms with E-state index in [1.807, 2.05) is 45.9 Å². The van der Waals surface area contributed by atoms with E-state index in [9.17, 15) is 38.4 Å². The average Bonchev–Trinajstić information content (AvgIpc) is 3.91. The maximum atomic E-state index is 10.5. The zero-order valence-corrected chi connectivity index (χ0v) is 49.6. The molecule has 0 spiro atoms. The highest BCUT2D eigenvalue weighted by atomic mass is 79.9. The van der Waals surface area contributed by atoms with Gasteiger partial charge in [-0.1, -0.05) is 73.2 Å². The maximum Gasteiger partial charge on any atom is 0.303 e. The van der Waals surface area contributed by atoms with Gasteiger partial charge < -0.3 is 48.3 Å². The summed E-state index contributed by atoms with van der Waals surface area (Å²) in [5, 5.41) is 17.7. The lowest BCUT2D eigenvalue weighted by atomic mass is 10.0. The Morgan fingerprint density at radius 2 is 0.797 bits per heavy atom. The molecule has 74 heavy (non-hydrogen) atoms.